The number of nitriles is 1. The lowest BCUT2D eigenvalue weighted by Gasteiger charge is -2.49. The molecule has 1 aliphatic heterocycles. The Morgan fingerprint density at radius 2 is 2.22 bits per heavy atom. The summed E-state index contributed by atoms with van der Waals surface area (Å²) in [6.07, 6.45) is 6.01. The minimum atomic E-state index is -0.635. The van der Waals surface area contributed by atoms with Crippen LogP contribution in [-0.4, -0.2) is 33.2 Å². The summed E-state index contributed by atoms with van der Waals surface area (Å²) in [5.41, 5.74) is 1.28. The molecule has 0 spiro atoms. The van der Waals surface area contributed by atoms with Gasteiger partial charge in [-0.05, 0) is 36.1 Å². The quantitative estimate of drug-likeness (QED) is 0.845. The number of nitrogens with one attached hydrogen (secondary N) is 1. The summed E-state index contributed by atoms with van der Waals surface area (Å²) in [6.45, 7) is 3.26. The Morgan fingerprint density at radius 3 is 2.87 bits per heavy atom. The van der Waals surface area contributed by atoms with Gasteiger partial charge in [-0.3, -0.25) is 15.2 Å². The molecule has 2 heterocycles. The van der Waals surface area contributed by atoms with Crippen molar-refractivity contribution in [3.05, 3.63) is 41.7 Å². The first-order chi connectivity index (χ1) is 11.0. The second kappa shape index (κ2) is 5.86. The van der Waals surface area contributed by atoms with Gasteiger partial charge in [0.15, 0.2) is 5.78 Å². The predicted molar refractivity (Wildman–Crippen MR) is 90.8 cm³/mol. The SMILES string of the molecule is C[C@H]1C(=O)C(C#N)=C[C@@]2(P)C(=N)N(Cc3ccncc3)CC[C@H]12. The molecule has 23 heavy (non-hydrogen) atoms. The molecular formula is C17H19N4OP. The summed E-state index contributed by atoms with van der Waals surface area (Å²) in [4.78, 5) is 18.3. The molecule has 0 amide bonds. The van der Waals surface area contributed by atoms with E-state index in [0.29, 0.717) is 12.4 Å². The number of carbonyl (C=O) groups excluding carboxylic acids is 1. The first-order valence-corrected chi connectivity index (χ1v) is 8.24. The molecule has 1 aliphatic carbocycles. The smallest absolute Gasteiger partial charge is 0.176 e. The number of likely N-dealkylation sites (tertiary alicyclic amines) is 1. The number of Topliss-reactive ketones (excluding diaryl/α,β-unsaturated/α-hetero) is 1. The van der Waals surface area contributed by atoms with E-state index < -0.39 is 5.16 Å². The summed E-state index contributed by atoms with van der Waals surface area (Å²) >= 11 is 0. The van der Waals surface area contributed by atoms with Crippen molar-refractivity contribution in [3.8, 4) is 6.07 Å². The highest BCUT2D eigenvalue weighted by molar-refractivity contribution is 7.21. The maximum atomic E-state index is 12.2. The highest BCUT2D eigenvalue weighted by atomic mass is 31.0. The fourth-order valence-corrected chi connectivity index (χ4v) is 4.43. The third kappa shape index (κ3) is 2.58. The van der Waals surface area contributed by atoms with Crippen LogP contribution >= 0.6 is 9.24 Å². The second-order valence-electron chi connectivity index (χ2n) is 6.28. The Labute approximate surface area is 138 Å². The van der Waals surface area contributed by atoms with Crippen molar-refractivity contribution in [2.75, 3.05) is 6.54 Å². The van der Waals surface area contributed by atoms with Crippen LogP contribution in [0.3, 0.4) is 0 Å². The monoisotopic (exact) mass is 326 g/mol. The molecule has 1 fully saturated rings. The molecular weight excluding hydrogens is 307 g/mol. The predicted octanol–water partition coefficient (Wildman–Crippen LogP) is 2.16. The van der Waals surface area contributed by atoms with Gasteiger partial charge >= 0.3 is 0 Å². The van der Waals surface area contributed by atoms with Crippen LogP contribution in [-0.2, 0) is 11.3 Å². The number of aromatic nitrogens is 1. The van der Waals surface area contributed by atoms with Crippen LogP contribution in [0.5, 0.6) is 0 Å². The molecule has 0 aromatic carbocycles. The molecule has 118 valence electrons. The number of allylic oxidation sites excluding steroid dienone is 1. The molecule has 5 nitrogen and oxygen atoms in total. The Bertz CT molecular complexity index is 724. The highest BCUT2D eigenvalue weighted by Crippen LogP contribution is 2.46. The molecule has 1 saturated heterocycles. The Kier molecular flexibility index (Phi) is 4.04. The van der Waals surface area contributed by atoms with Crippen LogP contribution < -0.4 is 0 Å². The third-order valence-electron chi connectivity index (χ3n) is 4.96. The molecule has 1 aromatic rings. The van der Waals surface area contributed by atoms with Crippen molar-refractivity contribution >= 4 is 20.9 Å². The number of ketones is 1. The largest absolute Gasteiger partial charge is 0.355 e. The van der Waals surface area contributed by atoms with Gasteiger partial charge < -0.3 is 4.90 Å². The van der Waals surface area contributed by atoms with E-state index in [4.69, 9.17) is 5.41 Å². The number of pyridine rings is 1. The van der Waals surface area contributed by atoms with E-state index in [1.54, 1.807) is 18.5 Å². The highest BCUT2D eigenvalue weighted by Gasteiger charge is 2.50. The van der Waals surface area contributed by atoms with Crippen molar-refractivity contribution in [2.45, 2.75) is 25.0 Å². The summed E-state index contributed by atoms with van der Waals surface area (Å²) in [6, 6.07) is 5.89. The van der Waals surface area contributed by atoms with Crippen molar-refractivity contribution in [1.82, 2.24) is 9.88 Å². The fourth-order valence-electron chi connectivity index (χ4n) is 3.63. The van der Waals surface area contributed by atoms with Crippen molar-refractivity contribution in [3.63, 3.8) is 0 Å². The molecule has 1 aromatic heterocycles. The molecule has 2 aliphatic rings. The zero-order chi connectivity index (χ0) is 16.6. The van der Waals surface area contributed by atoms with Crippen molar-refractivity contribution in [2.24, 2.45) is 11.8 Å². The number of hydrogen-bond acceptors (Lipinski definition) is 4. The zero-order valence-electron chi connectivity index (χ0n) is 13.0. The third-order valence-corrected chi connectivity index (χ3v) is 5.83. The molecule has 1 N–H and O–H groups in total. The Morgan fingerprint density at radius 1 is 1.52 bits per heavy atom. The van der Waals surface area contributed by atoms with Gasteiger partial charge in [-0.25, -0.2) is 0 Å². The van der Waals surface area contributed by atoms with E-state index in [1.807, 2.05) is 30.0 Å². The molecule has 4 atom stereocenters. The van der Waals surface area contributed by atoms with Gasteiger partial charge in [0.05, 0.1) is 10.7 Å². The van der Waals surface area contributed by atoms with E-state index in [-0.39, 0.29) is 23.2 Å². The van der Waals surface area contributed by atoms with Crippen molar-refractivity contribution < 1.29 is 4.79 Å². The number of carbonyl (C=O) groups is 1. The van der Waals surface area contributed by atoms with Gasteiger partial charge in [0.25, 0.3) is 0 Å². The van der Waals surface area contributed by atoms with Gasteiger partial charge in [-0.15, -0.1) is 9.24 Å². The average molecular weight is 326 g/mol. The number of hydrogen-bond donors (Lipinski definition) is 1. The maximum absolute atomic E-state index is 12.2. The van der Waals surface area contributed by atoms with E-state index in [2.05, 4.69) is 14.2 Å². The normalized spacial score (nSPS) is 30.5. The number of amidine groups is 1. The van der Waals surface area contributed by atoms with Crippen molar-refractivity contribution in [1.29, 1.82) is 10.7 Å². The first kappa shape index (κ1) is 15.8. The number of piperidine rings is 1. The second-order valence-corrected chi connectivity index (χ2v) is 7.23. The Balaban J connectivity index is 1.92. The number of fused-ring (bicyclic) bond motifs is 1. The van der Waals surface area contributed by atoms with Crippen LogP contribution in [0.4, 0.5) is 0 Å². The summed E-state index contributed by atoms with van der Waals surface area (Å²) in [5.74, 6) is 0.197. The van der Waals surface area contributed by atoms with E-state index in [9.17, 15) is 10.1 Å². The van der Waals surface area contributed by atoms with Crippen LogP contribution in [0.1, 0.15) is 18.9 Å². The summed E-state index contributed by atoms with van der Waals surface area (Å²) < 4.78 is 0. The average Bonchev–Trinajstić information content (AvgIpc) is 2.56. The molecule has 6 heteroatoms. The number of nitrogens with zero attached hydrogens (tertiary/aromatic N) is 3. The lowest BCUT2D eigenvalue weighted by atomic mass is 9.68. The van der Waals surface area contributed by atoms with Gasteiger partial charge in [0, 0.05) is 31.4 Å². The summed E-state index contributed by atoms with van der Waals surface area (Å²) in [5, 5.41) is 17.3. The molecule has 0 saturated carbocycles. The molecule has 3 rings (SSSR count). The van der Waals surface area contributed by atoms with Crippen LogP contribution in [0.15, 0.2) is 36.2 Å². The van der Waals surface area contributed by atoms with Crippen LogP contribution in [0, 0.1) is 28.6 Å². The number of rotatable bonds is 2. The minimum Gasteiger partial charge on any atom is -0.355 e. The van der Waals surface area contributed by atoms with Gasteiger partial charge in [0.2, 0.25) is 0 Å². The topological polar surface area (TPSA) is 80.8 Å². The van der Waals surface area contributed by atoms with Crippen LogP contribution in [0.25, 0.3) is 0 Å². The fraction of sp³-hybridized carbons (Fsp3) is 0.412. The molecule has 0 radical (unpaired) electrons. The maximum Gasteiger partial charge on any atom is 0.176 e. The zero-order valence-corrected chi connectivity index (χ0v) is 14.1. The first-order valence-electron chi connectivity index (χ1n) is 7.66. The van der Waals surface area contributed by atoms with Gasteiger partial charge in [-0.1, -0.05) is 6.92 Å². The van der Waals surface area contributed by atoms with Gasteiger partial charge in [0.1, 0.15) is 11.9 Å². The molecule has 0 bridgehead atoms. The summed E-state index contributed by atoms with van der Waals surface area (Å²) in [7, 11) is 2.74. The Hall–Kier alpha value is -2.05. The standard InChI is InChI=1S/C17H19N4OP/c1-11-14-4-7-21(10-12-2-5-20-6-3-12)16(19)17(14,23)8-13(9-18)15(11)22/h2-3,5-6,8,11,14,19H,4,7,10,23H2,1H3/t11-,14-,17+/m1/s1. The van der Waals surface area contributed by atoms with E-state index >= 15 is 0 Å². The van der Waals surface area contributed by atoms with Crippen LogP contribution in [0.2, 0.25) is 0 Å². The molecule has 1 unspecified atom stereocenters. The lowest BCUT2D eigenvalue weighted by molar-refractivity contribution is -0.120. The van der Waals surface area contributed by atoms with E-state index in [1.165, 1.54) is 0 Å². The lowest BCUT2D eigenvalue weighted by Crippen LogP contribution is -2.57. The minimum absolute atomic E-state index is 0.0540. The van der Waals surface area contributed by atoms with E-state index in [0.717, 1.165) is 18.5 Å². The van der Waals surface area contributed by atoms with Gasteiger partial charge in [-0.2, -0.15) is 5.26 Å².